The standard InChI is InChI=1S/C20H21N3O3/c1-12-2-4-13(5-3-12)11-23-9-8-16(22-23)21-19(24)17-14-6-7-15(10-14)18(17)20(25)26/h2-9,14-15,17-18H,10-11H2,1H3,(H,25,26)(H,21,22,24)/t14-,15-,17-,18+/m0/s1. The molecule has 0 spiro atoms. The molecule has 6 nitrogen and oxygen atoms in total. The van der Waals surface area contributed by atoms with Crippen molar-refractivity contribution in [2.45, 2.75) is 19.9 Å². The fraction of sp³-hybridized carbons (Fsp3) is 0.350. The van der Waals surface area contributed by atoms with E-state index < -0.39 is 17.8 Å². The lowest BCUT2D eigenvalue weighted by molar-refractivity contribution is -0.146. The maximum Gasteiger partial charge on any atom is 0.307 e. The molecule has 2 aliphatic rings. The highest BCUT2D eigenvalue weighted by Crippen LogP contribution is 2.48. The fourth-order valence-corrected chi connectivity index (χ4v) is 4.12. The molecule has 2 aliphatic carbocycles. The van der Waals surface area contributed by atoms with E-state index in [1.807, 2.05) is 37.4 Å². The van der Waals surface area contributed by atoms with Gasteiger partial charge in [0.1, 0.15) is 0 Å². The first kappa shape index (κ1) is 16.6. The first-order valence-corrected chi connectivity index (χ1v) is 8.82. The van der Waals surface area contributed by atoms with Gasteiger partial charge >= 0.3 is 5.97 Å². The highest BCUT2D eigenvalue weighted by molar-refractivity contribution is 5.95. The van der Waals surface area contributed by atoms with Crippen LogP contribution in [0.4, 0.5) is 5.82 Å². The number of hydrogen-bond donors (Lipinski definition) is 2. The van der Waals surface area contributed by atoms with Crippen LogP contribution in [0.2, 0.25) is 0 Å². The van der Waals surface area contributed by atoms with E-state index >= 15 is 0 Å². The minimum atomic E-state index is -0.896. The van der Waals surface area contributed by atoms with Crippen molar-refractivity contribution in [1.82, 2.24) is 9.78 Å². The third-order valence-corrected chi connectivity index (χ3v) is 5.40. The Morgan fingerprint density at radius 1 is 1.15 bits per heavy atom. The summed E-state index contributed by atoms with van der Waals surface area (Å²) in [6, 6.07) is 9.94. The van der Waals surface area contributed by atoms with Crippen molar-refractivity contribution in [1.29, 1.82) is 0 Å². The molecule has 0 radical (unpaired) electrons. The first-order chi connectivity index (χ1) is 12.5. The molecule has 1 heterocycles. The number of carboxylic acid groups (broad SMARTS) is 1. The highest BCUT2D eigenvalue weighted by atomic mass is 16.4. The molecule has 1 aromatic carbocycles. The van der Waals surface area contributed by atoms with Crippen LogP contribution in [-0.2, 0) is 16.1 Å². The summed E-state index contributed by atoms with van der Waals surface area (Å²) in [6.45, 7) is 2.66. The molecule has 2 aromatic rings. The van der Waals surface area contributed by atoms with E-state index in [4.69, 9.17) is 0 Å². The van der Waals surface area contributed by atoms with E-state index in [0.29, 0.717) is 12.4 Å². The number of fused-ring (bicyclic) bond motifs is 2. The molecule has 2 bridgehead atoms. The monoisotopic (exact) mass is 351 g/mol. The number of allylic oxidation sites excluding steroid dienone is 2. The van der Waals surface area contributed by atoms with Crippen molar-refractivity contribution in [3.8, 4) is 0 Å². The van der Waals surface area contributed by atoms with Crippen molar-refractivity contribution < 1.29 is 14.7 Å². The summed E-state index contributed by atoms with van der Waals surface area (Å²) in [4.78, 5) is 24.2. The Hall–Kier alpha value is -2.89. The maximum absolute atomic E-state index is 12.7. The van der Waals surface area contributed by atoms with Crippen molar-refractivity contribution in [3.63, 3.8) is 0 Å². The Bertz CT molecular complexity index is 869. The average molecular weight is 351 g/mol. The SMILES string of the molecule is Cc1ccc(Cn2ccc(NC(=O)[C@@H]3[C@H](C(=O)O)[C@H]4C=C[C@H]3C4)n2)cc1. The lowest BCUT2D eigenvalue weighted by Crippen LogP contribution is -2.36. The highest BCUT2D eigenvalue weighted by Gasteiger charge is 2.51. The predicted octanol–water partition coefficient (Wildman–Crippen LogP) is 2.70. The second kappa shape index (κ2) is 6.44. The summed E-state index contributed by atoms with van der Waals surface area (Å²) in [5.41, 5.74) is 2.33. The molecular weight excluding hydrogens is 330 g/mol. The number of benzene rings is 1. The number of carboxylic acids is 1. The Morgan fingerprint density at radius 2 is 1.85 bits per heavy atom. The van der Waals surface area contributed by atoms with Crippen molar-refractivity contribution in [3.05, 3.63) is 59.8 Å². The number of nitrogens with zero attached hydrogens (tertiary/aromatic N) is 2. The number of amides is 1. The number of carbonyl (C=O) groups excluding carboxylic acids is 1. The smallest absolute Gasteiger partial charge is 0.307 e. The van der Waals surface area contributed by atoms with Gasteiger partial charge in [0, 0.05) is 12.3 Å². The molecule has 0 aliphatic heterocycles. The lowest BCUT2D eigenvalue weighted by atomic mass is 9.82. The normalized spacial score (nSPS) is 26.2. The van der Waals surface area contributed by atoms with Crippen LogP contribution in [0.15, 0.2) is 48.7 Å². The number of aryl methyl sites for hydroxylation is 1. The summed E-state index contributed by atoms with van der Waals surface area (Å²) in [5.74, 6) is -1.88. The number of anilines is 1. The maximum atomic E-state index is 12.7. The number of hydrogen-bond acceptors (Lipinski definition) is 3. The third kappa shape index (κ3) is 3.03. The van der Waals surface area contributed by atoms with E-state index in [0.717, 1.165) is 12.0 Å². The Labute approximate surface area is 151 Å². The Morgan fingerprint density at radius 3 is 2.54 bits per heavy atom. The molecular formula is C20H21N3O3. The van der Waals surface area contributed by atoms with Crippen LogP contribution in [0.25, 0.3) is 0 Å². The van der Waals surface area contributed by atoms with Gasteiger partial charge in [0.25, 0.3) is 0 Å². The Balaban J connectivity index is 1.44. The van der Waals surface area contributed by atoms with Gasteiger partial charge in [0.15, 0.2) is 5.82 Å². The second-order valence-electron chi connectivity index (χ2n) is 7.21. The summed E-state index contributed by atoms with van der Waals surface area (Å²) in [5, 5.41) is 16.7. The molecule has 1 aromatic heterocycles. The summed E-state index contributed by atoms with van der Waals surface area (Å²) < 4.78 is 1.76. The lowest BCUT2D eigenvalue weighted by Gasteiger charge is -2.23. The number of nitrogens with one attached hydrogen (secondary N) is 1. The molecule has 26 heavy (non-hydrogen) atoms. The molecule has 4 atom stereocenters. The van der Waals surface area contributed by atoms with Crippen LogP contribution in [-0.4, -0.2) is 26.8 Å². The number of aliphatic carboxylic acids is 1. The van der Waals surface area contributed by atoms with Gasteiger partial charge in [-0.3, -0.25) is 14.3 Å². The van der Waals surface area contributed by atoms with Crippen LogP contribution < -0.4 is 5.32 Å². The minimum Gasteiger partial charge on any atom is -0.481 e. The van der Waals surface area contributed by atoms with Crippen molar-refractivity contribution >= 4 is 17.7 Å². The van der Waals surface area contributed by atoms with Crippen LogP contribution in [0.3, 0.4) is 0 Å². The molecule has 0 saturated heterocycles. The first-order valence-electron chi connectivity index (χ1n) is 8.82. The van der Waals surface area contributed by atoms with E-state index in [1.54, 1.807) is 10.7 Å². The van der Waals surface area contributed by atoms with E-state index in [2.05, 4.69) is 22.5 Å². The zero-order chi connectivity index (χ0) is 18.3. The van der Waals surface area contributed by atoms with Gasteiger partial charge in [0.2, 0.25) is 5.91 Å². The van der Waals surface area contributed by atoms with Crippen LogP contribution >= 0.6 is 0 Å². The van der Waals surface area contributed by atoms with Crippen molar-refractivity contribution in [2.24, 2.45) is 23.7 Å². The van der Waals surface area contributed by atoms with Crippen LogP contribution in [0.5, 0.6) is 0 Å². The number of aromatic nitrogens is 2. The van der Waals surface area contributed by atoms with Gasteiger partial charge in [-0.2, -0.15) is 5.10 Å². The van der Waals surface area contributed by atoms with E-state index in [1.165, 1.54) is 5.56 Å². The van der Waals surface area contributed by atoms with E-state index in [-0.39, 0.29) is 17.7 Å². The molecule has 134 valence electrons. The summed E-state index contributed by atoms with van der Waals surface area (Å²) >= 11 is 0. The van der Waals surface area contributed by atoms with Gasteiger partial charge < -0.3 is 10.4 Å². The molecule has 2 N–H and O–H groups in total. The molecule has 4 rings (SSSR count). The molecule has 1 fully saturated rings. The summed E-state index contributed by atoms with van der Waals surface area (Å²) in [6.07, 6.45) is 6.47. The molecule has 1 saturated carbocycles. The zero-order valence-electron chi connectivity index (χ0n) is 14.5. The van der Waals surface area contributed by atoms with Gasteiger partial charge in [-0.15, -0.1) is 0 Å². The largest absolute Gasteiger partial charge is 0.481 e. The number of rotatable bonds is 5. The Kier molecular flexibility index (Phi) is 4.11. The molecule has 0 unspecified atom stereocenters. The van der Waals surface area contributed by atoms with Crippen LogP contribution in [0.1, 0.15) is 17.5 Å². The van der Waals surface area contributed by atoms with Gasteiger partial charge in [0.05, 0.1) is 18.4 Å². The van der Waals surface area contributed by atoms with E-state index in [9.17, 15) is 14.7 Å². The molecule has 6 heteroatoms. The zero-order valence-corrected chi connectivity index (χ0v) is 14.5. The molecule has 1 amide bonds. The summed E-state index contributed by atoms with van der Waals surface area (Å²) in [7, 11) is 0. The fourth-order valence-electron chi connectivity index (χ4n) is 4.12. The topological polar surface area (TPSA) is 84.2 Å². The van der Waals surface area contributed by atoms with Gasteiger partial charge in [-0.1, -0.05) is 42.0 Å². The average Bonchev–Trinajstić information content (AvgIpc) is 3.32. The number of carbonyl (C=O) groups is 2. The van der Waals surface area contributed by atoms with Crippen LogP contribution in [0, 0.1) is 30.6 Å². The second-order valence-corrected chi connectivity index (χ2v) is 7.21. The predicted molar refractivity (Wildman–Crippen MR) is 96.5 cm³/mol. The van der Waals surface area contributed by atoms with Gasteiger partial charge in [-0.25, -0.2) is 0 Å². The quantitative estimate of drug-likeness (QED) is 0.811. The third-order valence-electron chi connectivity index (χ3n) is 5.40. The van der Waals surface area contributed by atoms with Gasteiger partial charge in [-0.05, 0) is 30.7 Å². The van der Waals surface area contributed by atoms with Crippen molar-refractivity contribution in [2.75, 3.05) is 5.32 Å². The minimum absolute atomic E-state index is 0.00995.